The molecule has 8 heteroatoms. The Kier molecular flexibility index (Phi) is 4.02. The van der Waals surface area contributed by atoms with Gasteiger partial charge < -0.3 is 15.7 Å². The standard InChI is InChI=1S/C9H13N3O5/c1-12-6(13)4-5(8(12)16)11-9(17)10-3-2-7(14)15/h5H,2-4H2,1H3,(H,14,15)(H2,10,11,17). The molecule has 1 saturated heterocycles. The van der Waals surface area contributed by atoms with Gasteiger partial charge in [-0.1, -0.05) is 0 Å². The summed E-state index contributed by atoms with van der Waals surface area (Å²) in [6, 6.07) is -1.52. The monoisotopic (exact) mass is 243 g/mol. The lowest BCUT2D eigenvalue weighted by atomic mass is 10.2. The summed E-state index contributed by atoms with van der Waals surface area (Å²) in [5.74, 6) is -1.86. The van der Waals surface area contributed by atoms with Crippen LogP contribution in [0, 0.1) is 0 Å². The molecule has 94 valence electrons. The number of urea groups is 1. The molecule has 0 aliphatic carbocycles. The van der Waals surface area contributed by atoms with Crippen molar-refractivity contribution in [3.05, 3.63) is 0 Å². The molecule has 1 unspecified atom stereocenters. The van der Waals surface area contributed by atoms with Crippen molar-refractivity contribution in [3.63, 3.8) is 0 Å². The number of rotatable bonds is 4. The van der Waals surface area contributed by atoms with Gasteiger partial charge in [0.2, 0.25) is 5.91 Å². The Bertz CT molecular complexity index is 368. The van der Waals surface area contributed by atoms with E-state index in [1.807, 2.05) is 0 Å². The summed E-state index contributed by atoms with van der Waals surface area (Å²) in [4.78, 5) is 44.9. The Hall–Kier alpha value is -2.12. The smallest absolute Gasteiger partial charge is 0.315 e. The van der Waals surface area contributed by atoms with Crippen LogP contribution in [0.25, 0.3) is 0 Å². The number of carbonyl (C=O) groups excluding carboxylic acids is 3. The van der Waals surface area contributed by atoms with Gasteiger partial charge in [0, 0.05) is 13.6 Å². The summed E-state index contributed by atoms with van der Waals surface area (Å²) in [5.41, 5.74) is 0. The van der Waals surface area contributed by atoms with E-state index in [-0.39, 0.29) is 25.3 Å². The number of nitrogens with one attached hydrogen (secondary N) is 2. The zero-order valence-electron chi connectivity index (χ0n) is 9.23. The van der Waals surface area contributed by atoms with Crippen molar-refractivity contribution in [3.8, 4) is 0 Å². The van der Waals surface area contributed by atoms with Crippen molar-refractivity contribution < 1.29 is 24.3 Å². The van der Waals surface area contributed by atoms with E-state index >= 15 is 0 Å². The second-order valence-electron chi connectivity index (χ2n) is 3.59. The van der Waals surface area contributed by atoms with Gasteiger partial charge in [0.1, 0.15) is 6.04 Å². The van der Waals surface area contributed by atoms with E-state index in [4.69, 9.17) is 5.11 Å². The molecule has 1 atom stereocenters. The van der Waals surface area contributed by atoms with Gasteiger partial charge in [-0.2, -0.15) is 0 Å². The number of hydrogen-bond donors (Lipinski definition) is 3. The number of carboxylic acids is 1. The fourth-order valence-corrected chi connectivity index (χ4v) is 1.36. The summed E-state index contributed by atoms with van der Waals surface area (Å²) >= 11 is 0. The summed E-state index contributed by atoms with van der Waals surface area (Å²) in [6.07, 6.45) is -0.271. The maximum Gasteiger partial charge on any atom is 0.315 e. The molecule has 1 rings (SSSR count). The van der Waals surface area contributed by atoms with Crippen molar-refractivity contribution in [2.75, 3.05) is 13.6 Å². The van der Waals surface area contributed by atoms with E-state index in [9.17, 15) is 19.2 Å². The van der Waals surface area contributed by atoms with Crippen LogP contribution in [0.4, 0.5) is 4.79 Å². The van der Waals surface area contributed by atoms with Gasteiger partial charge in [-0.15, -0.1) is 0 Å². The molecule has 17 heavy (non-hydrogen) atoms. The summed E-state index contributed by atoms with van der Waals surface area (Å²) in [6.45, 7) is -0.0359. The average molecular weight is 243 g/mol. The normalized spacial score (nSPS) is 19.4. The highest BCUT2D eigenvalue weighted by atomic mass is 16.4. The predicted octanol–water partition coefficient (Wildman–Crippen LogP) is -1.48. The number of likely N-dealkylation sites (N-methyl/N-ethyl adjacent to an activating group) is 1. The average Bonchev–Trinajstić information content (AvgIpc) is 2.46. The number of amides is 4. The molecular formula is C9H13N3O5. The van der Waals surface area contributed by atoms with Gasteiger partial charge in [-0.25, -0.2) is 4.79 Å². The highest BCUT2D eigenvalue weighted by molar-refractivity contribution is 6.06. The third-order valence-electron chi connectivity index (χ3n) is 2.31. The molecule has 0 saturated carbocycles. The molecule has 0 radical (unpaired) electrons. The fourth-order valence-electron chi connectivity index (χ4n) is 1.36. The molecule has 0 aromatic heterocycles. The number of imide groups is 1. The third-order valence-corrected chi connectivity index (χ3v) is 2.31. The summed E-state index contributed by atoms with van der Waals surface area (Å²) in [7, 11) is 1.34. The Morgan fingerprint density at radius 1 is 1.47 bits per heavy atom. The molecule has 0 spiro atoms. The minimum absolute atomic E-state index is 0.0359. The number of hydrogen-bond acceptors (Lipinski definition) is 4. The highest BCUT2D eigenvalue weighted by Gasteiger charge is 2.36. The zero-order chi connectivity index (χ0) is 13.0. The second kappa shape index (κ2) is 5.28. The Morgan fingerprint density at radius 3 is 2.59 bits per heavy atom. The van der Waals surface area contributed by atoms with E-state index < -0.39 is 23.9 Å². The fraction of sp³-hybridized carbons (Fsp3) is 0.556. The molecule has 0 aromatic rings. The van der Waals surface area contributed by atoms with Crippen LogP contribution in [-0.2, 0) is 14.4 Å². The largest absolute Gasteiger partial charge is 0.481 e. The lowest BCUT2D eigenvalue weighted by Gasteiger charge is -2.11. The van der Waals surface area contributed by atoms with Crippen LogP contribution in [0.15, 0.2) is 0 Å². The molecule has 3 N–H and O–H groups in total. The van der Waals surface area contributed by atoms with Crippen LogP contribution < -0.4 is 10.6 Å². The molecular weight excluding hydrogens is 230 g/mol. The van der Waals surface area contributed by atoms with Gasteiger partial charge in [-0.3, -0.25) is 19.3 Å². The predicted molar refractivity (Wildman–Crippen MR) is 55.0 cm³/mol. The van der Waals surface area contributed by atoms with Crippen molar-refractivity contribution >= 4 is 23.8 Å². The molecule has 1 heterocycles. The first-order valence-corrected chi connectivity index (χ1v) is 4.98. The summed E-state index contributed by atoms with van der Waals surface area (Å²) < 4.78 is 0. The molecule has 0 bridgehead atoms. The van der Waals surface area contributed by atoms with Crippen LogP contribution in [0.5, 0.6) is 0 Å². The van der Waals surface area contributed by atoms with E-state index in [1.165, 1.54) is 7.05 Å². The number of carbonyl (C=O) groups is 4. The molecule has 1 aliphatic rings. The second-order valence-corrected chi connectivity index (χ2v) is 3.59. The van der Waals surface area contributed by atoms with Crippen molar-refractivity contribution in [1.82, 2.24) is 15.5 Å². The molecule has 8 nitrogen and oxygen atoms in total. The first kappa shape index (κ1) is 12.9. The van der Waals surface area contributed by atoms with Crippen LogP contribution in [0.2, 0.25) is 0 Å². The van der Waals surface area contributed by atoms with Gasteiger partial charge >= 0.3 is 12.0 Å². The first-order valence-electron chi connectivity index (χ1n) is 4.98. The van der Waals surface area contributed by atoms with Crippen molar-refractivity contribution in [2.24, 2.45) is 0 Å². The maximum absolute atomic E-state index is 11.4. The molecule has 4 amide bonds. The number of likely N-dealkylation sites (tertiary alicyclic amines) is 1. The lowest BCUT2D eigenvalue weighted by Crippen LogP contribution is -2.46. The van der Waals surface area contributed by atoms with E-state index in [0.29, 0.717) is 0 Å². The third kappa shape index (κ3) is 3.44. The van der Waals surface area contributed by atoms with Gasteiger partial charge in [0.05, 0.1) is 12.8 Å². The number of carboxylic acid groups (broad SMARTS) is 1. The minimum atomic E-state index is -1.03. The lowest BCUT2D eigenvalue weighted by molar-refractivity contribution is -0.138. The van der Waals surface area contributed by atoms with Crippen LogP contribution in [-0.4, -0.2) is 53.5 Å². The highest BCUT2D eigenvalue weighted by Crippen LogP contribution is 2.09. The van der Waals surface area contributed by atoms with E-state index in [2.05, 4.69) is 10.6 Å². The first-order chi connectivity index (χ1) is 7.91. The zero-order valence-corrected chi connectivity index (χ0v) is 9.23. The maximum atomic E-state index is 11.4. The Labute approximate surface area is 97.0 Å². The van der Waals surface area contributed by atoms with Gasteiger partial charge in [0.15, 0.2) is 0 Å². The van der Waals surface area contributed by atoms with Crippen LogP contribution in [0.3, 0.4) is 0 Å². The van der Waals surface area contributed by atoms with Crippen molar-refractivity contribution in [2.45, 2.75) is 18.9 Å². The Morgan fingerprint density at radius 2 is 2.12 bits per heavy atom. The van der Waals surface area contributed by atoms with E-state index in [1.54, 1.807) is 0 Å². The van der Waals surface area contributed by atoms with Gasteiger partial charge in [-0.05, 0) is 0 Å². The minimum Gasteiger partial charge on any atom is -0.481 e. The van der Waals surface area contributed by atoms with Crippen LogP contribution >= 0.6 is 0 Å². The SMILES string of the molecule is CN1C(=O)CC(NC(=O)NCCC(=O)O)C1=O. The number of aliphatic carboxylic acids is 1. The molecule has 1 fully saturated rings. The molecule has 0 aromatic carbocycles. The van der Waals surface area contributed by atoms with Gasteiger partial charge in [0.25, 0.3) is 5.91 Å². The van der Waals surface area contributed by atoms with E-state index in [0.717, 1.165) is 4.90 Å². The van der Waals surface area contributed by atoms with Crippen molar-refractivity contribution in [1.29, 1.82) is 0 Å². The van der Waals surface area contributed by atoms with Crippen LogP contribution in [0.1, 0.15) is 12.8 Å². The quantitative estimate of drug-likeness (QED) is 0.520. The number of nitrogens with zero attached hydrogens (tertiary/aromatic N) is 1. The molecule has 1 aliphatic heterocycles. The summed E-state index contributed by atoms with van der Waals surface area (Å²) in [5, 5.41) is 12.9. The topological polar surface area (TPSA) is 116 Å². The Balaban J connectivity index is 2.35.